The summed E-state index contributed by atoms with van der Waals surface area (Å²) < 4.78 is 5.44. The topological polar surface area (TPSA) is 58.0 Å². The molecule has 1 aliphatic heterocycles. The maximum atomic E-state index is 9.62. The highest BCUT2D eigenvalue weighted by Crippen LogP contribution is 2.33. The molecule has 5 nitrogen and oxygen atoms in total. The van der Waals surface area contributed by atoms with E-state index in [9.17, 15) is 5.11 Å². The Kier molecular flexibility index (Phi) is 4.95. The van der Waals surface area contributed by atoms with Gasteiger partial charge in [-0.2, -0.15) is 0 Å². The van der Waals surface area contributed by atoms with Crippen molar-refractivity contribution in [1.82, 2.24) is 4.98 Å². The van der Waals surface area contributed by atoms with Crippen LogP contribution in [0.1, 0.15) is 4.88 Å². The SMILES string of the molecule is Oc1cccc(N=Cc2sc(N3CCOCC3)nc2-c2ccccc2)c1. The highest BCUT2D eigenvalue weighted by molar-refractivity contribution is 7.17. The maximum absolute atomic E-state index is 9.62. The average Bonchev–Trinajstić information content (AvgIpc) is 3.12. The van der Waals surface area contributed by atoms with Crippen LogP contribution in [0.15, 0.2) is 59.6 Å². The van der Waals surface area contributed by atoms with Gasteiger partial charge in [0.2, 0.25) is 0 Å². The number of phenols is 1. The van der Waals surface area contributed by atoms with Crippen molar-refractivity contribution in [3.63, 3.8) is 0 Å². The van der Waals surface area contributed by atoms with Crippen LogP contribution in [0.3, 0.4) is 0 Å². The number of hydrogen-bond donors (Lipinski definition) is 1. The van der Waals surface area contributed by atoms with Gasteiger partial charge in [0.1, 0.15) is 5.75 Å². The van der Waals surface area contributed by atoms with E-state index in [4.69, 9.17) is 9.72 Å². The van der Waals surface area contributed by atoms with Crippen LogP contribution in [0.5, 0.6) is 5.75 Å². The lowest BCUT2D eigenvalue weighted by Gasteiger charge is -2.26. The lowest BCUT2D eigenvalue weighted by Crippen LogP contribution is -2.36. The standard InChI is InChI=1S/C20H19N3O2S/c24-17-8-4-7-16(13-17)21-14-18-19(15-5-2-1-3-6-15)22-20(26-18)23-9-11-25-12-10-23/h1-8,13-14,24H,9-12H2. The Morgan fingerprint density at radius 1 is 1.08 bits per heavy atom. The van der Waals surface area contributed by atoms with Gasteiger partial charge in [-0.05, 0) is 12.1 Å². The Balaban J connectivity index is 1.70. The predicted octanol–water partition coefficient (Wildman–Crippen LogP) is 4.10. The first kappa shape index (κ1) is 16.8. The summed E-state index contributed by atoms with van der Waals surface area (Å²) in [5.74, 6) is 0.209. The summed E-state index contributed by atoms with van der Waals surface area (Å²) in [6, 6.07) is 17.1. The number of hydrogen-bond acceptors (Lipinski definition) is 6. The van der Waals surface area contributed by atoms with Crippen molar-refractivity contribution in [2.45, 2.75) is 0 Å². The van der Waals surface area contributed by atoms with Gasteiger partial charge in [-0.25, -0.2) is 4.98 Å². The van der Waals surface area contributed by atoms with E-state index in [0.29, 0.717) is 5.69 Å². The third kappa shape index (κ3) is 3.76. The van der Waals surface area contributed by atoms with Crippen LogP contribution < -0.4 is 4.90 Å². The summed E-state index contributed by atoms with van der Waals surface area (Å²) >= 11 is 1.63. The second-order valence-electron chi connectivity index (χ2n) is 5.95. The lowest BCUT2D eigenvalue weighted by atomic mass is 10.1. The molecule has 0 atom stereocenters. The Bertz CT molecular complexity index is 902. The second-order valence-corrected chi connectivity index (χ2v) is 6.96. The van der Waals surface area contributed by atoms with E-state index in [1.807, 2.05) is 30.5 Å². The molecule has 132 valence electrons. The van der Waals surface area contributed by atoms with Gasteiger partial charge in [-0.15, -0.1) is 0 Å². The van der Waals surface area contributed by atoms with Crippen LogP contribution in [-0.4, -0.2) is 42.6 Å². The molecule has 0 saturated carbocycles. The Morgan fingerprint density at radius 2 is 1.88 bits per heavy atom. The molecule has 1 fully saturated rings. The number of phenolic OH excluding ortho intramolecular Hbond substituents is 1. The van der Waals surface area contributed by atoms with Gasteiger partial charge in [0, 0.05) is 30.9 Å². The number of anilines is 1. The van der Waals surface area contributed by atoms with E-state index < -0.39 is 0 Å². The Hall–Kier alpha value is -2.70. The molecule has 2 heterocycles. The van der Waals surface area contributed by atoms with Gasteiger partial charge in [0.05, 0.1) is 29.5 Å². The van der Waals surface area contributed by atoms with Crippen molar-refractivity contribution < 1.29 is 9.84 Å². The van der Waals surface area contributed by atoms with E-state index in [1.165, 1.54) is 0 Å². The van der Waals surface area contributed by atoms with Crippen molar-refractivity contribution in [3.05, 3.63) is 59.5 Å². The summed E-state index contributed by atoms with van der Waals surface area (Å²) in [5, 5.41) is 10.6. The molecule has 26 heavy (non-hydrogen) atoms. The zero-order valence-corrected chi connectivity index (χ0v) is 15.0. The van der Waals surface area contributed by atoms with Crippen LogP contribution in [0.2, 0.25) is 0 Å². The van der Waals surface area contributed by atoms with Crippen molar-refractivity contribution in [2.24, 2.45) is 4.99 Å². The minimum atomic E-state index is 0.209. The van der Waals surface area contributed by atoms with Crippen LogP contribution >= 0.6 is 11.3 Å². The third-order valence-electron chi connectivity index (χ3n) is 4.13. The summed E-state index contributed by atoms with van der Waals surface area (Å²) in [6.45, 7) is 3.16. The molecule has 1 aromatic heterocycles. The molecule has 0 radical (unpaired) electrons. The molecule has 1 saturated heterocycles. The fourth-order valence-electron chi connectivity index (χ4n) is 2.81. The summed E-state index contributed by atoms with van der Waals surface area (Å²) in [4.78, 5) is 12.7. The van der Waals surface area contributed by atoms with E-state index >= 15 is 0 Å². The van der Waals surface area contributed by atoms with Crippen LogP contribution in [0.4, 0.5) is 10.8 Å². The number of aromatic hydroxyl groups is 1. The number of nitrogens with zero attached hydrogens (tertiary/aromatic N) is 3. The molecule has 0 unspecified atom stereocenters. The molecule has 1 N–H and O–H groups in total. The van der Waals surface area contributed by atoms with E-state index in [1.54, 1.807) is 29.5 Å². The fraction of sp³-hybridized carbons (Fsp3) is 0.200. The van der Waals surface area contributed by atoms with Crippen molar-refractivity contribution >= 4 is 28.4 Å². The van der Waals surface area contributed by atoms with Crippen molar-refractivity contribution in [2.75, 3.05) is 31.2 Å². The van der Waals surface area contributed by atoms with E-state index in [-0.39, 0.29) is 5.75 Å². The third-order valence-corrected chi connectivity index (χ3v) is 5.18. The molecule has 0 spiro atoms. The lowest BCUT2D eigenvalue weighted by molar-refractivity contribution is 0.122. The van der Waals surface area contributed by atoms with Gasteiger partial charge in [-0.3, -0.25) is 4.99 Å². The number of thiazole rings is 1. The van der Waals surface area contributed by atoms with Crippen LogP contribution in [0, 0.1) is 0 Å². The summed E-state index contributed by atoms with van der Waals surface area (Å²) in [7, 11) is 0. The number of benzene rings is 2. The first-order valence-corrected chi connectivity index (χ1v) is 9.33. The smallest absolute Gasteiger partial charge is 0.186 e. The zero-order chi connectivity index (χ0) is 17.8. The van der Waals surface area contributed by atoms with Crippen molar-refractivity contribution in [1.29, 1.82) is 0 Å². The first-order chi connectivity index (χ1) is 12.8. The molecule has 0 aliphatic carbocycles. The van der Waals surface area contributed by atoms with Gasteiger partial charge >= 0.3 is 0 Å². The molecule has 3 aromatic rings. The second kappa shape index (κ2) is 7.68. The van der Waals surface area contributed by atoms with Gasteiger partial charge in [0.25, 0.3) is 0 Å². The summed E-state index contributed by atoms with van der Waals surface area (Å²) in [5.41, 5.74) is 2.71. The largest absolute Gasteiger partial charge is 0.508 e. The fourth-order valence-corrected chi connectivity index (χ4v) is 3.82. The minimum absolute atomic E-state index is 0.209. The highest BCUT2D eigenvalue weighted by Gasteiger charge is 2.18. The number of aromatic nitrogens is 1. The van der Waals surface area contributed by atoms with Gasteiger partial charge < -0.3 is 14.7 Å². The maximum Gasteiger partial charge on any atom is 0.186 e. The Morgan fingerprint density at radius 3 is 2.65 bits per heavy atom. The average molecular weight is 365 g/mol. The monoisotopic (exact) mass is 365 g/mol. The number of rotatable bonds is 4. The number of morpholine rings is 1. The van der Waals surface area contributed by atoms with E-state index in [0.717, 1.165) is 47.6 Å². The molecule has 0 bridgehead atoms. The predicted molar refractivity (Wildman–Crippen MR) is 106 cm³/mol. The molecular formula is C20H19N3O2S. The van der Waals surface area contributed by atoms with Crippen LogP contribution in [-0.2, 0) is 4.74 Å². The molecule has 0 amide bonds. The molecule has 1 aliphatic rings. The molecular weight excluding hydrogens is 346 g/mol. The van der Waals surface area contributed by atoms with E-state index in [2.05, 4.69) is 22.0 Å². The van der Waals surface area contributed by atoms with Crippen molar-refractivity contribution in [3.8, 4) is 17.0 Å². The number of ether oxygens (including phenoxy) is 1. The normalized spacial score (nSPS) is 14.8. The number of aliphatic imine (C=N–C) groups is 1. The Labute approximate surface area is 156 Å². The van der Waals surface area contributed by atoms with Crippen LogP contribution in [0.25, 0.3) is 11.3 Å². The molecule has 6 heteroatoms. The minimum Gasteiger partial charge on any atom is -0.508 e. The van der Waals surface area contributed by atoms with Gasteiger partial charge in [0.15, 0.2) is 5.13 Å². The van der Waals surface area contributed by atoms with Gasteiger partial charge in [-0.1, -0.05) is 47.7 Å². The molecule has 2 aromatic carbocycles. The zero-order valence-electron chi connectivity index (χ0n) is 14.2. The highest BCUT2D eigenvalue weighted by atomic mass is 32.1. The quantitative estimate of drug-likeness (QED) is 0.707. The molecule has 4 rings (SSSR count). The summed E-state index contributed by atoms with van der Waals surface area (Å²) in [6.07, 6.45) is 1.83. The first-order valence-electron chi connectivity index (χ1n) is 8.52.